The Morgan fingerprint density at radius 3 is 3.00 bits per heavy atom. The van der Waals surface area contributed by atoms with Gasteiger partial charge in [0, 0.05) is 29.7 Å². The van der Waals surface area contributed by atoms with Gasteiger partial charge in [-0.1, -0.05) is 17.7 Å². The molecule has 1 aliphatic heterocycles. The van der Waals surface area contributed by atoms with Crippen LogP contribution in [0.15, 0.2) is 24.3 Å². The first-order valence-corrected chi connectivity index (χ1v) is 5.85. The van der Waals surface area contributed by atoms with Gasteiger partial charge in [0.15, 0.2) is 0 Å². The number of rotatable bonds is 1. The maximum absolute atomic E-state index is 12.1. The number of nitrogens with two attached hydrogens (primary N) is 1. The normalized spacial score (nSPS) is 20.9. The molecule has 3 nitrogen and oxygen atoms in total. The van der Waals surface area contributed by atoms with Crippen molar-refractivity contribution < 1.29 is 4.79 Å². The van der Waals surface area contributed by atoms with Crippen LogP contribution in [0.2, 0.25) is 5.02 Å². The lowest BCUT2D eigenvalue weighted by Gasteiger charge is -2.30. The third kappa shape index (κ3) is 2.54. The molecule has 0 saturated carbocycles. The van der Waals surface area contributed by atoms with Crippen molar-refractivity contribution in [3.05, 3.63) is 34.9 Å². The molecule has 0 bridgehead atoms. The summed E-state index contributed by atoms with van der Waals surface area (Å²) in [5.74, 6) is 0.0256. The highest BCUT2D eigenvalue weighted by Crippen LogP contribution is 2.15. The van der Waals surface area contributed by atoms with Crippen molar-refractivity contribution >= 4 is 17.5 Å². The summed E-state index contributed by atoms with van der Waals surface area (Å²) < 4.78 is 0. The van der Waals surface area contributed by atoms with E-state index in [9.17, 15) is 4.79 Å². The van der Waals surface area contributed by atoms with Crippen LogP contribution in [0.25, 0.3) is 0 Å². The number of benzene rings is 1. The number of carbonyl (C=O) groups is 1. The van der Waals surface area contributed by atoms with Gasteiger partial charge in [-0.25, -0.2) is 0 Å². The highest BCUT2D eigenvalue weighted by Gasteiger charge is 2.22. The van der Waals surface area contributed by atoms with Crippen LogP contribution in [0, 0.1) is 0 Å². The molecule has 0 aliphatic carbocycles. The standard InChI is InChI=1S/C12H15ClN2O/c13-10-4-1-3-9(7-10)12(16)15-6-2-5-11(14)8-15/h1,3-4,7,11H,2,5-6,8,14H2/t11-/m1/s1. The molecule has 1 saturated heterocycles. The Morgan fingerprint density at radius 2 is 2.31 bits per heavy atom. The van der Waals surface area contributed by atoms with Gasteiger partial charge >= 0.3 is 0 Å². The quantitative estimate of drug-likeness (QED) is 0.812. The van der Waals surface area contributed by atoms with E-state index in [0.717, 1.165) is 19.4 Å². The van der Waals surface area contributed by atoms with E-state index in [2.05, 4.69) is 0 Å². The van der Waals surface area contributed by atoms with Crippen LogP contribution >= 0.6 is 11.6 Å². The smallest absolute Gasteiger partial charge is 0.253 e. The number of nitrogens with zero attached hydrogens (tertiary/aromatic N) is 1. The maximum atomic E-state index is 12.1. The van der Waals surface area contributed by atoms with Crippen molar-refractivity contribution in [1.29, 1.82) is 0 Å². The van der Waals surface area contributed by atoms with Crippen LogP contribution in [0.4, 0.5) is 0 Å². The second kappa shape index (κ2) is 4.85. The molecule has 0 unspecified atom stereocenters. The fraction of sp³-hybridized carbons (Fsp3) is 0.417. The molecule has 1 amide bonds. The van der Waals surface area contributed by atoms with Crippen LogP contribution < -0.4 is 5.73 Å². The lowest BCUT2D eigenvalue weighted by Crippen LogP contribution is -2.45. The van der Waals surface area contributed by atoms with Crippen molar-refractivity contribution in [1.82, 2.24) is 4.90 Å². The van der Waals surface area contributed by atoms with E-state index in [0.29, 0.717) is 17.1 Å². The fourth-order valence-electron chi connectivity index (χ4n) is 2.00. The van der Waals surface area contributed by atoms with E-state index < -0.39 is 0 Å². The number of hydrogen-bond donors (Lipinski definition) is 1. The zero-order chi connectivity index (χ0) is 11.5. The number of hydrogen-bond acceptors (Lipinski definition) is 2. The van der Waals surface area contributed by atoms with E-state index >= 15 is 0 Å². The Kier molecular flexibility index (Phi) is 3.46. The number of piperidine rings is 1. The average molecular weight is 239 g/mol. The molecule has 2 rings (SSSR count). The number of halogens is 1. The Labute approximate surface area is 100 Å². The highest BCUT2D eigenvalue weighted by molar-refractivity contribution is 6.30. The van der Waals surface area contributed by atoms with Gasteiger partial charge in [0.25, 0.3) is 5.91 Å². The summed E-state index contributed by atoms with van der Waals surface area (Å²) in [5.41, 5.74) is 6.49. The van der Waals surface area contributed by atoms with Gasteiger partial charge in [0.2, 0.25) is 0 Å². The SMILES string of the molecule is N[C@@H]1CCCN(C(=O)c2cccc(Cl)c2)C1. The molecule has 1 fully saturated rings. The van der Waals surface area contributed by atoms with Crippen molar-refractivity contribution in [2.75, 3.05) is 13.1 Å². The third-order valence-corrected chi connectivity index (χ3v) is 3.05. The monoisotopic (exact) mass is 238 g/mol. The van der Waals surface area contributed by atoms with E-state index in [1.165, 1.54) is 0 Å². The number of likely N-dealkylation sites (tertiary alicyclic amines) is 1. The molecule has 4 heteroatoms. The number of amides is 1. The average Bonchev–Trinajstić information content (AvgIpc) is 2.28. The molecule has 1 aromatic carbocycles. The Morgan fingerprint density at radius 1 is 1.50 bits per heavy atom. The lowest BCUT2D eigenvalue weighted by molar-refractivity contribution is 0.0709. The molecule has 16 heavy (non-hydrogen) atoms. The third-order valence-electron chi connectivity index (χ3n) is 2.82. The van der Waals surface area contributed by atoms with Gasteiger partial charge in [0.05, 0.1) is 0 Å². The molecule has 1 aromatic rings. The first-order valence-electron chi connectivity index (χ1n) is 5.47. The predicted molar refractivity (Wildman–Crippen MR) is 64.6 cm³/mol. The van der Waals surface area contributed by atoms with Gasteiger partial charge in [-0.15, -0.1) is 0 Å². The van der Waals surface area contributed by atoms with E-state index in [1.54, 1.807) is 29.2 Å². The summed E-state index contributed by atoms with van der Waals surface area (Å²) in [5, 5.41) is 0.590. The van der Waals surface area contributed by atoms with Crippen LogP contribution in [0.1, 0.15) is 23.2 Å². The summed E-state index contributed by atoms with van der Waals surface area (Å²) in [4.78, 5) is 13.9. The van der Waals surface area contributed by atoms with Crippen LogP contribution in [0.5, 0.6) is 0 Å². The van der Waals surface area contributed by atoms with Crippen molar-refractivity contribution in [3.8, 4) is 0 Å². The lowest BCUT2D eigenvalue weighted by atomic mass is 10.1. The van der Waals surface area contributed by atoms with Crippen LogP contribution in [0.3, 0.4) is 0 Å². The molecule has 0 radical (unpaired) electrons. The highest BCUT2D eigenvalue weighted by atomic mass is 35.5. The molecule has 1 heterocycles. The minimum absolute atomic E-state index is 0.0256. The fourth-order valence-corrected chi connectivity index (χ4v) is 2.19. The molecule has 2 N–H and O–H groups in total. The van der Waals surface area contributed by atoms with Crippen LogP contribution in [-0.2, 0) is 0 Å². The summed E-state index contributed by atoms with van der Waals surface area (Å²) in [6.07, 6.45) is 1.98. The second-order valence-corrected chi connectivity index (χ2v) is 4.60. The van der Waals surface area contributed by atoms with Gasteiger partial charge < -0.3 is 10.6 Å². The van der Waals surface area contributed by atoms with Crippen molar-refractivity contribution in [2.45, 2.75) is 18.9 Å². The maximum Gasteiger partial charge on any atom is 0.253 e. The molecule has 0 spiro atoms. The van der Waals surface area contributed by atoms with Gasteiger partial charge in [-0.3, -0.25) is 4.79 Å². The van der Waals surface area contributed by atoms with Crippen molar-refractivity contribution in [3.63, 3.8) is 0 Å². The zero-order valence-corrected chi connectivity index (χ0v) is 9.78. The predicted octanol–water partition coefficient (Wildman–Crippen LogP) is 1.90. The number of carbonyl (C=O) groups excluding carboxylic acids is 1. The van der Waals surface area contributed by atoms with E-state index in [1.807, 2.05) is 0 Å². The minimum atomic E-state index is 0.0256. The minimum Gasteiger partial charge on any atom is -0.337 e. The van der Waals surface area contributed by atoms with Gasteiger partial charge in [0.1, 0.15) is 0 Å². The first kappa shape index (κ1) is 11.4. The molecule has 0 aromatic heterocycles. The molecule has 1 aliphatic rings. The summed E-state index contributed by atoms with van der Waals surface area (Å²) in [7, 11) is 0. The van der Waals surface area contributed by atoms with Gasteiger partial charge in [-0.2, -0.15) is 0 Å². The van der Waals surface area contributed by atoms with E-state index in [4.69, 9.17) is 17.3 Å². The Bertz CT molecular complexity index is 394. The molecular weight excluding hydrogens is 224 g/mol. The summed E-state index contributed by atoms with van der Waals surface area (Å²) in [6, 6.07) is 7.15. The van der Waals surface area contributed by atoms with E-state index in [-0.39, 0.29) is 11.9 Å². The Balaban J connectivity index is 2.12. The van der Waals surface area contributed by atoms with Crippen molar-refractivity contribution in [2.24, 2.45) is 5.73 Å². The van der Waals surface area contributed by atoms with Crippen LogP contribution in [-0.4, -0.2) is 29.9 Å². The van der Waals surface area contributed by atoms with Gasteiger partial charge in [-0.05, 0) is 31.0 Å². The summed E-state index contributed by atoms with van der Waals surface area (Å²) in [6.45, 7) is 1.43. The zero-order valence-electron chi connectivity index (χ0n) is 9.03. The molecular formula is C12H15ClN2O. The Hall–Kier alpha value is -1.06. The molecule has 86 valence electrons. The second-order valence-electron chi connectivity index (χ2n) is 4.16. The largest absolute Gasteiger partial charge is 0.337 e. The summed E-state index contributed by atoms with van der Waals surface area (Å²) >= 11 is 5.86. The molecule has 1 atom stereocenters. The first-order chi connectivity index (χ1) is 7.66. The topological polar surface area (TPSA) is 46.3 Å².